The molecule has 4 nitrogen and oxygen atoms in total. The molecule has 3 aromatic carbocycles. The number of nitrogens with zero attached hydrogens (tertiary/aromatic N) is 1. The van der Waals surface area contributed by atoms with Gasteiger partial charge in [-0.15, -0.1) is 0 Å². The lowest BCUT2D eigenvalue weighted by atomic mass is 10.0. The van der Waals surface area contributed by atoms with Crippen molar-refractivity contribution in [3.63, 3.8) is 0 Å². The number of carbonyl (C=O) groups is 2. The summed E-state index contributed by atoms with van der Waals surface area (Å²) in [6.45, 7) is 3.81. The van der Waals surface area contributed by atoms with Gasteiger partial charge in [0.2, 0.25) is 0 Å². The van der Waals surface area contributed by atoms with Gasteiger partial charge in [0, 0.05) is 5.69 Å². The summed E-state index contributed by atoms with van der Waals surface area (Å²) in [5, 5.41) is 3.03. The first kappa shape index (κ1) is 18.6. The Bertz CT molecular complexity index is 1130. The van der Waals surface area contributed by atoms with Gasteiger partial charge in [0.15, 0.2) is 0 Å². The highest BCUT2D eigenvalue weighted by atomic mass is 19.1. The van der Waals surface area contributed by atoms with Crippen LogP contribution in [0.4, 0.5) is 15.8 Å². The van der Waals surface area contributed by atoms with Crippen molar-refractivity contribution in [2.45, 2.75) is 13.8 Å². The van der Waals surface area contributed by atoms with Gasteiger partial charge in [-0.1, -0.05) is 48.0 Å². The molecule has 0 saturated heterocycles. The van der Waals surface area contributed by atoms with Crippen molar-refractivity contribution in [3.05, 3.63) is 101 Å². The van der Waals surface area contributed by atoms with E-state index < -0.39 is 11.8 Å². The van der Waals surface area contributed by atoms with Gasteiger partial charge in [0.05, 0.1) is 11.3 Å². The minimum Gasteiger partial charge on any atom is -0.350 e. The second-order valence-corrected chi connectivity index (χ2v) is 6.98. The largest absolute Gasteiger partial charge is 0.350 e. The normalized spacial score (nSPS) is 14.0. The van der Waals surface area contributed by atoms with E-state index >= 15 is 0 Å². The van der Waals surface area contributed by atoms with Crippen molar-refractivity contribution in [3.8, 4) is 0 Å². The molecule has 29 heavy (non-hydrogen) atoms. The first-order valence-electron chi connectivity index (χ1n) is 9.24. The molecule has 0 aliphatic carbocycles. The smallest absolute Gasteiger partial charge is 0.282 e. The maximum absolute atomic E-state index is 13.4. The summed E-state index contributed by atoms with van der Waals surface area (Å²) in [6.07, 6.45) is 0. The lowest BCUT2D eigenvalue weighted by molar-refractivity contribution is -0.120. The SMILES string of the molecule is Cc1ccc(C2=C(Nc3ccc(F)cc3)C(=O)N(c3ccccc3C)C2=O)cc1. The van der Waals surface area contributed by atoms with Crippen LogP contribution in [0, 0.1) is 19.7 Å². The van der Waals surface area contributed by atoms with Crippen molar-refractivity contribution >= 4 is 28.8 Å². The predicted molar refractivity (Wildman–Crippen MR) is 112 cm³/mol. The van der Waals surface area contributed by atoms with Crippen LogP contribution in [0.25, 0.3) is 5.57 Å². The summed E-state index contributed by atoms with van der Waals surface area (Å²) in [7, 11) is 0. The molecule has 0 fully saturated rings. The van der Waals surface area contributed by atoms with Crippen LogP contribution in [0.1, 0.15) is 16.7 Å². The predicted octanol–water partition coefficient (Wildman–Crippen LogP) is 4.84. The highest BCUT2D eigenvalue weighted by Gasteiger charge is 2.40. The van der Waals surface area contributed by atoms with Crippen molar-refractivity contribution in [2.24, 2.45) is 0 Å². The van der Waals surface area contributed by atoms with Crippen LogP contribution in [0.2, 0.25) is 0 Å². The highest BCUT2D eigenvalue weighted by molar-refractivity contribution is 6.46. The topological polar surface area (TPSA) is 49.4 Å². The summed E-state index contributed by atoms with van der Waals surface area (Å²) < 4.78 is 13.3. The van der Waals surface area contributed by atoms with E-state index in [1.807, 2.05) is 50.2 Å². The fourth-order valence-electron chi connectivity index (χ4n) is 3.34. The van der Waals surface area contributed by atoms with Crippen LogP contribution in [-0.4, -0.2) is 11.8 Å². The number of benzene rings is 3. The second kappa shape index (κ2) is 7.36. The number of hydrogen-bond acceptors (Lipinski definition) is 3. The molecular formula is C24H19FN2O2. The zero-order chi connectivity index (χ0) is 20.5. The summed E-state index contributed by atoms with van der Waals surface area (Å²) >= 11 is 0. The number of carbonyl (C=O) groups excluding carboxylic acids is 2. The molecule has 1 N–H and O–H groups in total. The third kappa shape index (κ3) is 3.43. The van der Waals surface area contributed by atoms with Crippen LogP contribution in [0.5, 0.6) is 0 Å². The van der Waals surface area contributed by atoms with Gasteiger partial charge in [-0.2, -0.15) is 0 Å². The zero-order valence-corrected chi connectivity index (χ0v) is 16.1. The zero-order valence-electron chi connectivity index (χ0n) is 16.1. The number of hydrogen-bond donors (Lipinski definition) is 1. The number of anilines is 2. The third-order valence-corrected chi connectivity index (χ3v) is 4.89. The first-order valence-corrected chi connectivity index (χ1v) is 9.24. The Morgan fingerprint density at radius 2 is 1.45 bits per heavy atom. The molecule has 0 aromatic heterocycles. The molecule has 5 heteroatoms. The summed E-state index contributed by atoms with van der Waals surface area (Å²) in [6, 6.07) is 20.3. The molecule has 0 saturated carbocycles. The number of amides is 2. The Morgan fingerprint density at radius 3 is 2.10 bits per heavy atom. The molecule has 0 atom stereocenters. The lowest BCUT2D eigenvalue weighted by Crippen LogP contribution is -2.33. The van der Waals surface area contributed by atoms with Gasteiger partial charge in [0.1, 0.15) is 11.5 Å². The standard InChI is InChI=1S/C24H19FN2O2/c1-15-7-9-17(10-8-15)21-22(26-19-13-11-18(25)12-14-19)24(29)27(23(21)28)20-6-4-3-5-16(20)2/h3-14,26H,1-2H3. The molecule has 4 rings (SSSR count). The van der Waals surface area contributed by atoms with Crippen LogP contribution in [-0.2, 0) is 9.59 Å². The molecule has 3 aromatic rings. The number of rotatable bonds is 4. The number of nitrogens with one attached hydrogen (secondary N) is 1. The Balaban J connectivity index is 1.83. The highest BCUT2D eigenvalue weighted by Crippen LogP contribution is 2.35. The average molecular weight is 386 g/mol. The fourth-order valence-corrected chi connectivity index (χ4v) is 3.34. The van der Waals surface area contributed by atoms with Crippen molar-refractivity contribution in [1.29, 1.82) is 0 Å². The molecular weight excluding hydrogens is 367 g/mol. The molecule has 0 bridgehead atoms. The van der Waals surface area contributed by atoms with E-state index in [0.29, 0.717) is 22.5 Å². The van der Waals surface area contributed by atoms with Crippen LogP contribution < -0.4 is 10.2 Å². The van der Waals surface area contributed by atoms with Gasteiger partial charge in [-0.05, 0) is 55.3 Å². The van der Waals surface area contributed by atoms with Crippen LogP contribution >= 0.6 is 0 Å². The summed E-state index contributed by atoms with van der Waals surface area (Å²) in [5.74, 6) is -1.21. The molecule has 2 amide bonds. The van der Waals surface area contributed by atoms with Crippen molar-refractivity contribution in [1.82, 2.24) is 0 Å². The Morgan fingerprint density at radius 1 is 0.793 bits per heavy atom. The van der Waals surface area contributed by atoms with Gasteiger partial charge < -0.3 is 5.32 Å². The van der Waals surface area contributed by atoms with E-state index in [2.05, 4.69) is 5.32 Å². The van der Waals surface area contributed by atoms with Gasteiger partial charge in [0.25, 0.3) is 11.8 Å². The van der Waals surface area contributed by atoms with E-state index in [-0.39, 0.29) is 11.5 Å². The number of imide groups is 1. The Labute approximate surface area is 168 Å². The quantitative estimate of drug-likeness (QED) is 0.653. The lowest BCUT2D eigenvalue weighted by Gasteiger charge is -2.17. The minimum absolute atomic E-state index is 0.175. The first-order chi connectivity index (χ1) is 14.0. The number of halogens is 1. The van der Waals surface area contributed by atoms with Crippen LogP contribution in [0.3, 0.4) is 0 Å². The minimum atomic E-state index is -0.441. The molecule has 0 spiro atoms. The van der Waals surface area contributed by atoms with E-state index in [0.717, 1.165) is 11.1 Å². The molecule has 1 aliphatic heterocycles. The molecule has 0 radical (unpaired) electrons. The van der Waals surface area contributed by atoms with E-state index in [1.165, 1.54) is 29.2 Å². The van der Waals surface area contributed by atoms with Gasteiger partial charge in [-0.25, -0.2) is 9.29 Å². The van der Waals surface area contributed by atoms with E-state index in [4.69, 9.17) is 0 Å². The van der Waals surface area contributed by atoms with E-state index in [9.17, 15) is 14.0 Å². The van der Waals surface area contributed by atoms with Gasteiger partial charge >= 0.3 is 0 Å². The molecule has 144 valence electrons. The summed E-state index contributed by atoms with van der Waals surface area (Å²) in [5.41, 5.74) is 4.06. The third-order valence-electron chi connectivity index (χ3n) is 4.89. The average Bonchev–Trinajstić information content (AvgIpc) is 2.95. The van der Waals surface area contributed by atoms with Gasteiger partial charge in [-0.3, -0.25) is 9.59 Å². The van der Waals surface area contributed by atoms with Crippen LogP contribution in [0.15, 0.2) is 78.5 Å². The van der Waals surface area contributed by atoms with Crippen molar-refractivity contribution < 1.29 is 14.0 Å². The second-order valence-electron chi connectivity index (χ2n) is 6.98. The monoisotopic (exact) mass is 386 g/mol. The molecule has 1 aliphatic rings. The van der Waals surface area contributed by atoms with E-state index in [1.54, 1.807) is 12.1 Å². The van der Waals surface area contributed by atoms with Crippen molar-refractivity contribution in [2.75, 3.05) is 10.2 Å². The molecule has 0 unspecified atom stereocenters. The Hall–Kier alpha value is -3.73. The summed E-state index contributed by atoms with van der Waals surface area (Å²) in [4.78, 5) is 27.8. The maximum Gasteiger partial charge on any atom is 0.282 e. The fraction of sp³-hybridized carbons (Fsp3) is 0.0833. The number of para-hydroxylation sites is 1. The molecule has 1 heterocycles. The Kier molecular flexibility index (Phi) is 4.72. The number of aryl methyl sites for hydroxylation is 2. The maximum atomic E-state index is 13.4.